The van der Waals surface area contributed by atoms with Crippen molar-refractivity contribution in [3.63, 3.8) is 0 Å². The number of cyclic esters (lactones) is 1. The summed E-state index contributed by atoms with van der Waals surface area (Å²) in [5, 5.41) is -1.47. The number of aryl methyl sites for hydroxylation is 1. The van der Waals surface area contributed by atoms with E-state index in [1.165, 1.54) is 0 Å². The molecule has 0 saturated carbocycles. The number of alkyl carbamates (subject to hydrolysis) is 1. The molecule has 112 valence electrons. The minimum absolute atomic E-state index is 0.0175. The van der Waals surface area contributed by atoms with Crippen molar-refractivity contribution in [2.75, 3.05) is 27.1 Å². The van der Waals surface area contributed by atoms with Crippen LogP contribution in [0.25, 0.3) is 10.9 Å². The number of aromatic amines is 1. The Hall–Kier alpha value is -2.01. The zero-order valence-corrected chi connectivity index (χ0v) is 10.7. The molecule has 2 N–H and O–H groups in total. The van der Waals surface area contributed by atoms with Gasteiger partial charge in [0.1, 0.15) is 6.56 Å². The zero-order valence-electron chi connectivity index (χ0n) is 28.7. The largest absolute Gasteiger partial charge is 0.447 e. The lowest BCUT2D eigenvalue weighted by Crippen LogP contribution is -2.28. The van der Waals surface area contributed by atoms with Crippen molar-refractivity contribution >= 4 is 17.0 Å². The van der Waals surface area contributed by atoms with Gasteiger partial charge in [0.05, 0.1) is 15.6 Å². The minimum Gasteiger partial charge on any atom is -0.447 e. The Morgan fingerprint density at radius 3 is 3.43 bits per heavy atom. The molecule has 1 atom stereocenters. The number of likely N-dealkylation sites (N-methyl/N-ethyl adjacent to an activating group) is 1. The molecule has 0 aliphatic carbocycles. The van der Waals surface area contributed by atoms with Crippen LogP contribution in [0.1, 0.15) is 33.1 Å². The Morgan fingerprint density at radius 2 is 2.67 bits per heavy atom. The first kappa shape index (κ1) is 4.04. The normalized spacial score (nSPS) is 39.7. The molecule has 2 aromatic rings. The van der Waals surface area contributed by atoms with E-state index in [2.05, 4.69) is 4.74 Å². The maximum Gasteiger partial charge on any atom is 0.407 e. The highest BCUT2D eigenvalue weighted by Gasteiger charge is 2.22. The summed E-state index contributed by atoms with van der Waals surface area (Å²) < 4.78 is 151. The van der Waals surface area contributed by atoms with E-state index in [4.69, 9.17) is 24.8 Å². The smallest absolute Gasteiger partial charge is 0.407 e. The number of hydrogen-bond donors (Lipinski definition) is 2. The Morgan fingerprint density at radius 1 is 1.76 bits per heavy atom. The highest BCUT2D eigenvalue weighted by atomic mass is 16.6. The number of carbonyl (C=O) groups excluding carboxylic acids is 1. The van der Waals surface area contributed by atoms with Crippen LogP contribution in [0.3, 0.4) is 0 Å². The molecule has 2 heterocycles. The Bertz CT molecular complexity index is 1370. The van der Waals surface area contributed by atoms with Crippen LogP contribution in [0.2, 0.25) is 2.82 Å². The lowest BCUT2D eigenvalue weighted by molar-refractivity contribution is 0.177. The van der Waals surface area contributed by atoms with Gasteiger partial charge in [-0.3, -0.25) is 0 Å². The number of carbonyl (C=O) groups is 1. The van der Waals surface area contributed by atoms with E-state index in [0.29, 0.717) is 7.05 Å². The molecule has 1 fully saturated rings. The van der Waals surface area contributed by atoms with Crippen LogP contribution in [-0.2, 0) is 17.5 Å². The molecule has 0 spiro atoms. The van der Waals surface area contributed by atoms with Gasteiger partial charge in [0.15, 0.2) is 2.82 Å². The first-order valence-electron chi connectivity index (χ1n) is 14.5. The molecule has 5 nitrogen and oxygen atoms in total. The molecule has 0 radical (unpaired) electrons. The molecule has 1 aromatic carbocycles. The van der Waals surface area contributed by atoms with Crippen LogP contribution in [0.15, 0.2) is 24.3 Å². The Labute approximate surface area is 149 Å². The molecule has 0 bridgehead atoms. The van der Waals surface area contributed by atoms with Gasteiger partial charge in [0.2, 0.25) is 0 Å². The number of benzene rings is 1. The number of hydrogen-bond acceptors (Lipinski definition) is 3. The molecule has 5 heteroatoms. The number of nitrogens with one attached hydrogen (secondary N) is 2. The second-order valence-electron chi connectivity index (χ2n) is 3.92. The molecule has 1 saturated heterocycles. The molecule has 3 rings (SSSR count). The van der Waals surface area contributed by atoms with Gasteiger partial charge in [-0.15, -0.1) is 0 Å². The van der Waals surface area contributed by atoms with Gasteiger partial charge < -0.3 is 19.9 Å². The van der Waals surface area contributed by atoms with Crippen molar-refractivity contribution in [2.24, 2.45) is 0 Å². The molecular formula is C16H21N3O2. The fourth-order valence-electron chi connectivity index (χ4n) is 1.53. The van der Waals surface area contributed by atoms with Crippen molar-refractivity contribution in [3.05, 3.63) is 35.4 Å². The van der Waals surface area contributed by atoms with Crippen molar-refractivity contribution in [1.82, 2.24) is 15.2 Å². The van der Waals surface area contributed by atoms with Crippen LogP contribution < -0.4 is 5.31 Å². The average Bonchev–Trinajstić information content (AvgIpc) is 3.14. The summed E-state index contributed by atoms with van der Waals surface area (Å²) in [5.74, 6) is 0. The van der Waals surface area contributed by atoms with Crippen molar-refractivity contribution < 1.29 is 34.3 Å². The van der Waals surface area contributed by atoms with Gasteiger partial charge in [0, 0.05) is 35.9 Å². The maximum absolute atomic E-state index is 11.9. The number of aromatic nitrogens is 1. The van der Waals surface area contributed by atoms with E-state index in [1.807, 2.05) is 0 Å². The molecule has 1 aliphatic rings. The van der Waals surface area contributed by atoms with Crippen LogP contribution in [0.5, 0.6) is 0 Å². The lowest BCUT2D eigenvalue weighted by atomic mass is 10.0. The topological polar surface area (TPSA) is 57.4 Å². The molecule has 1 aliphatic heterocycles. The van der Waals surface area contributed by atoms with E-state index in [0.717, 1.165) is 0 Å². The quantitative estimate of drug-likeness (QED) is 0.887. The van der Waals surface area contributed by atoms with E-state index in [9.17, 15) is 4.79 Å². The van der Waals surface area contributed by atoms with Crippen molar-refractivity contribution in [3.8, 4) is 0 Å². The summed E-state index contributed by atoms with van der Waals surface area (Å²) in [5.41, 5.74) is -3.31. The van der Waals surface area contributed by atoms with Gasteiger partial charge in [-0.1, -0.05) is 6.04 Å². The summed E-state index contributed by atoms with van der Waals surface area (Å²) in [6.07, 6.45) is -10.2. The second-order valence-corrected chi connectivity index (χ2v) is 3.92. The fourth-order valence-corrected chi connectivity index (χ4v) is 1.53. The summed E-state index contributed by atoms with van der Waals surface area (Å²) >= 11 is 0. The highest BCUT2D eigenvalue weighted by molar-refractivity contribution is 5.84. The number of nitrogens with zero attached hydrogens (tertiary/aromatic N) is 1. The SMILES string of the molecule is [2H]c1c(C([2H])([2H])[C@]2([2H])N([2H])C(=O)OC2([2H])[2H])c([2H])c2c(C([2H])([2H])C([2H])([2H])N(C)C([2H])([2H])[2H])c([2H])n([2H])c2c1[2H]. The first-order valence-corrected chi connectivity index (χ1v) is 5.65. The maximum atomic E-state index is 11.9. The van der Waals surface area contributed by atoms with Crippen molar-refractivity contribution in [2.45, 2.75) is 18.8 Å². The second kappa shape index (κ2) is 5.77. The number of H-pyrrole nitrogens is 1. The van der Waals surface area contributed by atoms with E-state index < -0.39 is 96.5 Å². The van der Waals surface area contributed by atoms with Gasteiger partial charge >= 0.3 is 6.09 Å². The minimum atomic E-state index is -3.71. The van der Waals surface area contributed by atoms with Crippen LogP contribution in [0, 0.1) is 0 Å². The predicted octanol–water partition coefficient (Wildman–Crippen LogP) is 1.92. The highest BCUT2D eigenvalue weighted by Crippen LogP contribution is 2.21. The summed E-state index contributed by atoms with van der Waals surface area (Å²) in [7, 11) is 0.712. The third kappa shape index (κ3) is 3.19. The van der Waals surface area contributed by atoms with E-state index in [1.54, 1.807) is 0 Å². The molecule has 1 aromatic heterocycles. The number of amides is 1. The number of fused-ring (bicyclic) bond motifs is 1. The zero-order chi connectivity index (χ0) is 30.6. The van der Waals surface area contributed by atoms with Gasteiger partial charge in [-0.25, -0.2) is 4.79 Å². The van der Waals surface area contributed by atoms with Gasteiger partial charge in [0.25, 0.3) is 0 Å². The standard InChI is InChI=1S/C16H21N3O2/c1-19(2)6-5-12-9-17-15-4-3-11(8-14(12)15)7-13-10-21-16(20)18-13/h3-4,8-9,13,17H,5-7,10H2,1-2H3,(H,18,20)/t13-/m0/s1/i1D3,3D,4D,5D2,6D2,7D2,8D,9D,10D2,13D/hD2. The summed E-state index contributed by atoms with van der Waals surface area (Å²) in [6, 6.07) is -7.25. The summed E-state index contributed by atoms with van der Waals surface area (Å²) in [6.45, 7) is -10.2. The molecular weight excluding hydrogens is 266 g/mol. The number of ether oxygens (including phenoxy) is 1. The average molecular weight is 305 g/mol. The van der Waals surface area contributed by atoms with Gasteiger partial charge in [-0.2, -0.15) is 0 Å². The predicted molar refractivity (Wildman–Crippen MR) is 82.5 cm³/mol. The van der Waals surface area contributed by atoms with Crippen LogP contribution in [0.4, 0.5) is 4.79 Å². The Kier molecular flexibility index (Phi) is 1.11. The number of rotatable bonds is 5. The third-order valence-corrected chi connectivity index (χ3v) is 2.35. The molecule has 1 amide bonds. The van der Waals surface area contributed by atoms with Crippen LogP contribution in [-0.4, -0.2) is 49.1 Å². The summed E-state index contributed by atoms with van der Waals surface area (Å²) in [4.78, 5) is 12.0. The van der Waals surface area contributed by atoms with E-state index >= 15 is 0 Å². The lowest BCUT2D eigenvalue weighted by Gasteiger charge is -2.09. The van der Waals surface area contributed by atoms with Crippen molar-refractivity contribution in [1.29, 1.82) is 0 Å². The van der Waals surface area contributed by atoms with E-state index in [-0.39, 0.29) is 9.88 Å². The Balaban J connectivity index is 2.51. The molecule has 21 heavy (non-hydrogen) atoms. The first-order chi connectivity index (χ1) is 17.2. The van der Waals surface area contributed by atoms with Crippen LogP contribution >= 0.6 is 0 Å². The molecule has 0 unspecified atom stereocenters. The monoisotopic (exact) mass is 305 g/mol. The third-order valence-electron chi connectivity index (χ3n) is 2.35. The fraction of sp³-hybridized carbons (Fsp3) is 0.438. The van der Waals surface area contributed by atoms with Gasteiger partial charge in [-0.05, 0) is 50.0 Å².